The summed E-state index contributed by atoms with van der Waals surface area (Å²) in [6.07, 6.45) is -1.93. The van der Waals surface area contributed by atoms with E-state index in [4.69, 9.17) is 16.3 Å². The third-order valence-corrected chi connectivity index (χ3v) is 5.27. The zero-order chi connectivity index (χ0) is 20.5. The lowest BCUT2D eigenvalue weighted by atomic mass is 10.1. The van der Waals surface area contributed by atoms with E-state index in [9.17, 15) is 15.3 Å². The monoisotopic (exact) mass is 418 g/mol. The highest BCUT2D eigenvalue weighted by atomic mass is 35.5. The van der Waals surface area contributed by atoms with E-state index in [2.05, 4.69) is 34.3 Å². The quantitative estimate of drug-likeness (QED) is 0.451. The second-order valence-electron chi connectivity index (χ2n) is 7.28. The normalized spacial score (nSPS) is 25.4. The van der Waals surface area contributed by atoms with Crippen molar-refractivity contribution in [2.75, 3.05) is 11.9 Å². The average Bonchev–Trinajstić information content (AvgIpc) is 3.24. The van der Waals surface area contributed by atoms with E-state index in [1.165, 1.54) is 16.5 Å². The van der Waals surface area contributed by atoms with Crippen LogP contribution in [0.15, 0.2) is 42.7 Å². The molecule has 0 radical (unpaired) electrons. The van der Waals surface area contributed by atoms with Gasteiger partial charge in [0.05, 0.1) is 18.6 Å². The predicted octanol–water partition coefficient (Wildman–Crippen LogP) is 1.74. The summed E-state index contributed by atoms with van der Waals surface area (Å²) in [7, 11) is 0. The van der Waals surface area contributed by atoms with Crippen molar-refractivity contribution < 1.29 is 20.1 Å². The molecule has 8 nitrogen and oxygen atoms in total. The Kier molecular flexibility index (Phi) is 5.71. The predicted molar refractivity (Wildman–Crippen MR) is 109 cm³/mol. The van der Waals surface area contributed by atoms with Crippen LogP contribution in [-0.4, -0.2) is 60.8 Å². The molecule has 0 bridgehead atoms. The minimum absolute atomic E-state index is 0.109. The number of hydrogen-bond donors (Lipinski definition) is 4. The fourth-order valence-electron chi connectivity index (χ4n) is 3.67. The molecule has 0 amide bonds. The highest BCUT2D eigenvalue weighted by Crippen LogP contribution is 2.33. The highest BCUT2D eigenvalue weighted by Gasteiger charge is 2.44. The van der Waals surface area contributed by atoms with Crippen LogP contribution in [0.3, 0.4) is 0 Å². The van der Waals surface area contributed by atoms with Crippen LogP contribution in [0.1, 0.15) is 18.7 Å². The van der Waals surface area contributed by atoms with Crippen LogP contribution in [0.2, 0.25) is 5.15 Å². The lowest BCUT2D eigenvalue weighted by molar-refractivity contribution is -0.0511. The molecule has 1 aromatic carbocycles. The van der Waals surface area contributed by atoms with E-state index in [-0.39, 0.29) is 11.2 Å². The van der Waals surface area contributed by atoms with Gasteiger partial charge in [-0.2, -0.15) is 0 Å². The minimum Gasteiger partial charge on any atom is -0.394 e. The Labute approximate surface area is 172 Å². The molecular formula is C20H23ClN4O4. The summed E-state index contributed by atoms with van der Waals surface area (Å²) in [5.41, 5.74) is 2.92. The fraction of sp³-hybridized carbons (Fsp3) is 0.400. The van der Waals surface area contributed by atoms with Crippen LogP contribution in [0, 0.1) is 0 Å². The van der Waals surface area contributed by atoms with Gasteiger partial charge in [0.2, 0.25) is 0 Å². The third-order valence-electron chi connectivity index (χ3n) is 5.08. The Hall–Kier alpha value is -2.23. The number of imidazole rings is 1. The van der Waals surface area contributed by atoms with Crippen LogP contribution >= 0.6 is 11.6 Å². The van der Waals surface area contributed by atoms with Crippen molar-refractivity contribution in [3.8, 4) is 0 Å². The molecule has 1 fully saturated rings. The average molecular weight is 419 g/mol. The molecule has 0 spiro atoms. The van der Waals surface area contributed by atoms with Gasteiger partial charge < -0.3 is 25.4 Å². The zero-order valence-corrected chi connectivity index (χ0v) is 16.6. The van der Waals surface area contributed by atoms with Crippen LogP contribution in [0.25, 0.3) is 11.2 Å². The number of aliphatic hydroxyl groups is 3. The maximum absolute atomic E-state index is 10.3. The Bertz CT molecular complexity index is 983. The number of nitrogens with zero attached hydrogens (tertiary/aromatic N) is 3. The van der Waals surface area contributed by atoms with Crippen molar-refractivity contribution in [1.82, 2.24) is 14.5 Å². The summed E-state index contributed by atoms with van der Waals surface area (Å²) >= 11 is 6.24. The van der Waals surface area contributed by atoms with Gasteiger partial charge in [-0.1, -0.05) is 41.9 Å². The van der Waals surface area contributed by atoms with Gasteiger partial charge in [-0.25, -0.2) is 9.97 Å². The number of halogens is 1. The highest BCUT2D eigenvalue weighted by molar-refractivity contribution is 6.30. The van der Waals surface area contributed by atoms with Crippen molar-refractivity contribution >= 4 is 28.5 Å². The van der Waals surface area contributed by atoms with Gasteiger partial charge in [-0.15, -0.1) is 0 Å². The Balaban J connectivity index is 1.62. The summed E-state index contributed by atoms with van der Waals surface area (Å²) < 4.78 is 7.12. The van der Waals surface area contributed by atoms with E-state index in [1.54, 1.807) is 6.07 Å². The van der Waals surface area contributed by atoms with Crippen LogP contribution in [-0.2, 0) is 11.2 Å². The number of anilines is 1. The number of aromatic nitrogens is 3. The molecule has 9 heteroatoms. The number of rotatable bonds is 6. The molecular weight excluding hydrogens is 396 g/mol. The molecule has 1 saturated heterocycles. The SMILES string of the molecule is CC(Cc1ccccc1)Nc1cc(Cl)nc2c1ncn2C1O[C@H](CO)[C@@H](O)[C@H]1O. The van der Waals surface area contributed by atoms with E-state index in [0.717, 1.165) is 6.42 Å². The largest absolute Gasteiger partial charge is 0.394 e. The van der Waals surface area contributed by atoms with Crippen molar-refractivity contribution in [3.63, 3.8) is 0 Å². The summed E-state index contributed by atoms with van der Waals surface area (Å²) in [5, 5.41) is 33.4. The summed E-state index contributed by atoms with van der Waals surface area (Å²) in [5.74, 6) is 0. The summed E-state index contributed by atoms with van der Waals surface area (Å²) in [6, 6.07) is 12.0. The van der Waals surface area contributed by atoms with Gasteiger partial charge >= 0.3 is 0 Å². The van der Waals surface area contributed by atoms with Crippen molar-refractivity contribution in [2.45, 2.75) is 43.9 Å². The lowest BCUT2D eigenvalue weighted by Crippen LogP contribution is -2.33. The number of fused-ring (bicyclic) bond motifs is 1. The first-order valence-corrected chi connectivity index (χ1v) is 9.81. The Morgan fingerprint density at radius 3 is 2.69 bits per heavy atom. The van der Waals surface area contributed by atoms with E-state index in [0.29, 0.717) is 16.9 Å². The van der Waals surface area contributed by atoms with Crippen molar-refractivity contribution in [3.05, 3.63) is 53.4 Å². The van der Waals surface area contributed by atoms with Gasteiger partial charge in [0, 0.05) is 12.1 Å². The van der Waals surface area contributed by atoms with E-state index in [1.807, 2.05) is 18.2 Å². The molecule has 2 aromatic heterocycles. The van der Waals surface area contributed by atoms with Gasteiger partial charge in [-0.3, -0.25) is 4.57 Å². The van der Waals surface area contributed by atoms with Gasteiger partial charge in [0.15, 0.2) is 11.9 Å². The lowest BCUT2D eigenvalue weighted by Gasteiger charge is -2.18. The number of pyridine rings is 1. The Morgan fingerprint density at radius 1 is 1.24 bits per heavy atom. The molecule has 3 aromatic rings. The van der Waals surface area contributed by atoms with Gasteiger partial charge in [0.25, 0.3) is 0 Å². The Morgan fingerprint density at radius 2 is 2.00 bits per heavy atom. The molecule has 29 heavy (non-hydrogen) atoms. The standard InChI is InChI=1S/C20H23ClN4O4/c1-11(7-12-5-3-2-4-6-12)23-13-8-15(21)24-19-16(13)22-10-25(19)20-18(28)17(27)14(9-26)29-20/h2-6,8,10-11,14,17-18,20,26-28H,7,9H2,1H3,(H,23,24)/t11?,14-,17-,18-,20?/m1/s1. The molecule has 4 rings (SSSR count). The second kappa shape index (κ2) is 8.25. The first-order valence-electron chi connectivity index (χ1n) is 9.44. The molecule has 3 heterocycles. The van der Waals surface area contributed by atoms with E-state index < -0.39 is 31.1 Å². The maximum Gasteiger partial charge on any atom is 0.165 e. The maximum atomic E-state index is 10.3. The number of hydrogen-bond acceptors (Lipinski definition) is 7. The first kappa shape index (κ1) is 20.1. The molecule has 4 N–H and O–H groups in total. The zero-order valence-electron chi connectivity index (χ0n) is 15.8. The number of benzene rings is 1. The molecule has 1 aliphatic heterocycles. The third kappa shape index (κ3) is 3.94. The topological polar surface area (TPSA) is 113 Å². The fourth-order valence-corrected chi connectivity index (χ4v) is 3.86. The number of ether oxygens (including phenoxy) is 1. The molecule has 154 valence electrons. The molecule has 2 unspecified atom stereocenters. The van der Waals surface area contributed by atoms with Gasteiger partial charge in [-0.05, 0) is 18.9 Å². The summed E-state index contributed by atoms with van der Waals surface area (Å²) in [4.78, 5) is 8.75. The molecule has 0 saturated carbocycles. The second-order valence-corrected chi connectivity index (χ2v) is 7.67. The molecule has 1 aliphatic rings. The van der Waals surface area contributed by atoms with Crippen LogP contribution in [0.5, 0.6) is 0 Å². The van der Waals surface area contributed by atoms with Crippen LogP contribution < -0.4 is 5.32 Å². The first-order chi connectivity index (χ1) is 14.0. The smallest absolute Gasteiger partial charge is 0.165 e. The van der Waals surface area contributed by atoms with Crippen LogP contribution in [0.4, 0.5) is 5.69 Å². The number of aliphatic hydroxyl groups excluding tert-OH is 3. The van der Waals surface area contributed by atoms with Gasteiger partial charge in [0.1, 0.15) is 29.0 Å². The number of nitrogens with one attached hydrogen (secondary N) is 1. The van der Waals surface area contributed by atoms with Crippen molar-refractivity contribution in [2.24, 2.45) is 0 Å². The molecule has 0 aliphatic carbocycles. The van der Waals surface area contributed by atoms with Crippen molar-refractivity contribution in [1.29, 1.82) is 0 Å². The van der Waals surface area contributed by atoms with E-state index >= 15 is 0 Å². The summed E-state index contributed by atoms with van der Waals surface area (Å²) in [6.45, 7) is 1.66. The minimum atomic E-state index is -1.22. The molecule has 5 atom stereocenters.